The normalized spacial score (nSPS) is 31.3. The molecule has 1 saturated heterocycles. The van der Waals surface area contributed by atoms with Crippen LogP contribution in [0.3, 0.4) is 0 Å². The molecule has 4 heteroatoms. The summed E-state index contributed by atoms with van der Waals surface area (Å²) in [5.41, 5.74) is 0. The average molecular weight is 265 g/mol. The molecule has 0 aromatic carbocycles. The van der Waals surface area contributed by atoms with Crippen LogP contribution in [0.4, 0.5) is 0 Å². The van der Waals surface area contributed by atoms with Crippen LogP contribution in [0.25, 0.3) is 0 Å². The molecule has 2 unspecified atom stereocenters. The van der Waals surface area contributed by atoms with Crippen LogP contribution in [0.1, 0.15) is 32.6 Å². The van der Waals surface area contributed by atoms with Crippen molar-refractivity contribution in [1.29, 1.82) is 0 Å². The fraction of sp³-hybridized carbons (Fsp3) is 1.00. The van der Waals surface area contributed by atoms with E-state index in [4.69, 9.17) is 23.2 Å². The van der Waals surface area contributed by atoms with E-state index >= 15 is 0 Å². The number of hydrogen-bond acceptors (Lipinski definition) is 2. The standard InChI is InChI=1S/C12H22Cl2N2/c1-10(9-16-5-3-2-4-6-16)15-8-11-7-12(11,13)14/h10-11,15H,2-9H2,1H3. The lowest BCUT2D eigenvalue weighted by molar-refractivity contribution is 0.209. The van der Waals surface area contributed by atoms with Crippen molar-refractivity contribution in [1.82, 2.24) is 10.2 Å². The first-order valence-electron chi connectivity index (χ1n) is 6.41. The summed E-state index contributed by atoms with van der Waals surface area (Å²) in [5.74, 6) is 0.458. The first kappa shape index (κ1) is 12.9. The Balaban J connectivity index is 1.59. The van der Waals surface area contributed by atoms with Crippen LogP contribution >= 0.6 is 23.2 Å². The van der Waals surface area contributed by atoms with Crippen molar-refractivity contribution in [3.8, 4) is 0 Å². The lowest BCUT2D eigenvalue weighted by Crippen LogP contribution is -2.42. The Morgan fingerprint density at radius 2 is 1.94 bits per heavy atom. The Hall–Kier alpha value is 0.500. The number of hydrogen-bond donors (Lipinski definition) is 1. The van der Waals surface area contributed by atoms with Crippen LogP contribution in [0.5, 0.6) is 0 Å². The number of piperidine rings is 1. The van der Waals surface area contributed by atoms with E-state index in [9.17, 15) is 0 Å². The van der Waals surface area contributed by atoms with E-state index in [-0.39, 0.29) is 0 Å². The van der Waals surface area contributed by atoms with Crippen molar-refractivity contribution >= 4 is 23.2 Å². The maximum absolute atomic E-state index is 6.00. The predicted molar refractivity (Wildman–Crippen MR) is 70.3 cm³/mol. The van der Waals surface area contributed by atoms with Crippen LogP contribution in [-0.2, 0) is 0 Å². The SMILES string of the molecule is CC(CN1CCCCC1)NCC1CC1(Cl)Cl. The fourth-order valence-corrected chi connectivity index (χ4v) is 2.96. The lowest BCUT2D eigenvalue weighted by Gasteiger charge is -2.29. The van der Waals surface area contributed by atoms with E-state index < -0.39 is 4.33 Å². The van der Waals surface area contributed by atoms with Gasteiger partial charge in [-0.25, -0.2) is 0 Å². The number of likely N-dealkylation sites (tertiary alicyclic amines) is 1. The van der Waals surface area contributed by atoms with Gasteiger partial charge in [0.1, 0.15) is 4.33 Å². The second-order valence-corrected chi connectivity index (χ2v) is 6.88. The van der Waals surface area contributed by atoms with Crippen molar-refractivity contribution in [2.24, 2.45) is 5.92 Å². The highest BCUT2D eigenvalue weighted by Gasteiger charge is 2.51. The van der Waals surface area contributed by atoms with Crippen molar-refractivity contribution in [2.45, 2.75) is 43.0 Å². The molecule has 0 aromatic rings. The van der Waals surface area contributed by atoms with Gasteiger partial charge in [-0.2, -0.15) is 0 Å². The summed E-state index contributed by atoms with van der Waals surface area (Å²) in [5, 5.41) is 3.54. The molecule has 1 heterocycles. The Kier molecular flexibility index (Phi) is 4.39. The maximum Gasteiger partial charge on any atom is 0.122 e. The molecule has 1 saturated carbocycles. The molecular formula is C12H22Cl2N2. The van der Waals surface area contributed by atoms with Crippen LogP contribution in [-0.4, -0.2) is 41.5 Å². The fourth-order valence-electron chi connectivity index (χ4n) is 2.43. The van der Waals surface area contributed by atoms with E-state index in [1.165, 1.54) is 32.4 Å². The number of nitrogens with zero attached hydrogens (tertiary/aromatic N) is 1. The topological polar surface area (TPSA) is 15.3 Å². The lowest BCUT2D eigenvalue weighted by atomic mass is 10.1. The quantitative estimate of drug-likeness (QED) is 0.769. The molecule has 2 nitrogen and oxygen atoms in total. The van der Waals surface area contributed by atoms with Gasteiger partial charge < -0.3 is 10.2 Å². The zero-order chi connectivity index (χ0) is 11.6. The number of nitrogens with one attached hydrogen (secondary N) is 1. The number of alkyl halides is 2. The zero-order valence-corrected chi connectivity index (χ0v) is 11.5. The van der Waals surface area contributed by atoms with Gasteiger partial charge in [-0.05, 0) is 39.3 Å². The molecule has 1 N–H and O–H groups in total. The molecule has 94 valence electrons. The minimum Gasteiger partial charge on any atom is -0.313 e. The molecule has 2 aliphatic rings. The highest BCUT2D eigenvalue weighted by molar-refractivity contribution is 6.50. The summed E-state index contributed by atoms with van der Waals surface area (Å²) in [6.45, 7) is 6.90. The highest BCUT2D eigenvalue weighted by Crippen LogP contribution is 2.52. The molecule has 0 aromatic heterocycles. The van der Waals surface area contributed by atoms with Gasteiger partial charge in [0.15, 0.2) is 0 Å². The summed E-state index contributed by atoms with van der Waals surface area (Å²) in [7, 11) is 0. The molecule has 1 aliphatic heterocycles. The summed E-state index contributed by atoms with van der Waals surface area (Å²) in [6.07, 6.45) is 5.07. The molecule has 0 amide bonds. The van der Waals surface area contributed by atoms with Gasteiger partial charge >= 0.3 is 0 Å². The maximum atomic E-state index is 6.00. The molecule has 0 radical (unpaired) electrons. The Morgan fingerprint density at radius 3 is 2.50 bits per heavy atom. The Morgan fingerprint density at radius 1 is 1.31 bits per heavy atom. The summed E-state index contributed by atoms with van der Waals surface area (Å²) < 4.78 is -0.433. The Bertz CT molecular complexity index is 227. The van der Waals surface area contributed by atoms with E-state index in [0.717, 1.165) is 19.5 Å². The van der Waals surface area contributed by atoms with Crippen LogP contribution < -0.4 is 5.32 Å². The third-order valence-corrected chi connectivity index (χ3v) is 4.57. The van der Waals surface area contributed by atoms with E-state index in [1.807, 2.05) is 0 Å². The smallest absolute Gasteiger partial charge is 0.122 e. The number of rotatable bonds is 5. The van der Waals surface area contributed by atoms with Gasteiger partial charge in [0.05, 0.1) is 0 Å². The first-order valence-corrected chi connectivity index (χ1v) is 7.17. The van der Waals surface area contributed by atoms with Gasteiger partial charge in [-0.3, -0.25) is 0 Å². The van der Waals surface area contributed by atoms with Gasteiger partial charge in [-0.15, -0.1) is 23.2 Å². The third kappa shape index (κ3) is 3.76. The Labute approximate surface area is 109 Å². The van der Waals surface area contributed by atoms with Crippen molar-refractivity contribution < 1.29 is 0 Å². The van der Waals surface area contributed by atoms with E-state index in [0.29, 0.717) is 12.0 Å². The number of halogens is 2. The van der Waals surface area contributed by atoms with Gasteiger partial charge in [-0.1, -0.05) is 6.42 Å². The summed E-state index contributed by atoms with van der Waals surface area (Å²) >= 11 is 12.0. The van der Waals surface area contributed by atoms with E-state index in [1.54, 1.807) is 0 Å². The molecule has 0 spiro atoms. The largest absolute Gasteiger partial charge is 0.313 e. The molecule has 2 rings (SSSR count). The molecule has 2 atom stereocenters. The van der Waals surface area contributed by atoms with Gasteiger partial charge in [0.2, 0.25) is 0 Å². The summed E-state index contributed by atoms with van der Waals surface area (Å²) in [4.78, 5) is 2.56. The van der Waals surface area contributed by atoms with Crippen LogP contribution in [0.2, 0.25) is 0 Å². The second-order valence-electron chi connectivity index (χ2n) is 5.33. The minimum absolute atomic E-state index is 0.433. The van der Waals surface area contributed by atoms with Crippen LogP contribution in [0, 0.1) is 5.92 Å². The summed E-state index contributed by atoms with van der Waals surface area (Å²) in [6, 6.07) is 0.544. The molecular weight excluding hydrogens is 243 g/mol. The van der Waals surface area contributed by atoms with Crippen molar-refractivity contribution in [2.75, 3.05) is 26.2 Å². The molecule has 2 fully saturated rings. The molecule has 16 heavy (non-hydrogen) atoms. The van der Waals surface area contributed by atoms with E-state index in [2.05, 4.69) is 17.1 Å². The predicted octanol–water partition coefficient (Wildman–Crippen LogP) is 2.64. The second kappa shape index (κ2) is 5.43. The molecule has 0 bridgehead atoms. The zero-order valence-electron chi connectivity index (χ0n) is 10.0. The van der Waals surface area contributed by atoms with Gasteiger partial charge in [0, 0.05) is 25.0 Å². The third-order valence-electron chi connectivity index (χ3n) is 3.65. The first-order chi connectivity index (χ1) is 7.58. The average Bonchev–Trinajstić information content (AvgIpc) is 2.85. The van der Waals surface area contributed by atoms with Crippen molar-refractivity contribution in [3.63, 3.8) is 0 Å². The minimum atomic E-state index is -0.433. The molecule has 1 aliphatic carbocycles. The monoisotopic (exact) mass is 264 g/mol. The highest BCUT2D eigenvalue weighted by atomic mass is 35.5. The van der Waals surface area contributed by atoms with Gasteiger partial charge in [0.25, 0.3) is 0 Å². The van der Waals surface area contributed by atoms with Crippen molar-refractivity contribution in [3.05, 3.63) is 0 Å². The van der Waals surface area contributed by atoms with Crippen LogP contribution in [0.15, 0.2) is 0 Å².